The first-order valence-electron chi connectivity index (χ1n) is 6.77. The average Bonchev–Trinajstić information content (AvgIpc) is 3.07. The maximum atomic E-state index is 10.2. The molecule has 2 aromatic rings. The van der Waals surface area contributed by atoms with Gasteiger partial charge in [0.05, 0.1) is 26.1 Å². The monoisotopic (exact) mass is 311 g/mol. The number of hydrogen-bond acceptors (Lipinski definition) is 9. The van der Waals surface area contributed by atoms with Gasteiger partial charge in [0, 0.05) is 0 Å². The summed E-state index contributed by atoms with van der Waals surface area (Å²) < 4.78 is 12.7. The summed E-state index contributed by atoms with van der Waals surface area (Å²) in [5.41, 5.74) is 6.58. The number of nitrogens with two attached hydrogens (primary N) is 1. The summed E-state index contributed by atoms with van der Waals surface area (Å²) >= 11 is 0. The summed E-state index contributed by atoms with van der Waals surface area (Å²) in [5, 5.41) is 28.4. The minimum Gasteiger partial charge on any atom is -0.394 e. The van der Waals surface area contributed by atoms with Gasteiger partial charge in [-0.3, -0.25) is 4.57 Å². The van der Waals surface area contributed by atoms with Gasteiger partial charge in [0.1, 0.15) is 30.2 Å². The summed E-state index contributed by atoms with van der Waals surface area (Å²) in [5.74, 6) is 0.230. The van der Waals surface area contributed by atoms with E-state index >= 15 is 0 Å². The maximum absolute atomic E-state index is 10.2. The Labute approximate surface area is 125 Å². The van der Waals surface area contributed by atoms with Crippen LogP contribution in [0.1, 0.15) is 6.23 Å². The first kappa shape index (κ1) is 15.1. The third-order valence-corrected chi connectivity index (χ3v) is 3.56. The van der Waals surface area contributed by atoms with Gasteiger partial charge >= 0.3 is 0 Å². The number of nitrogens with zero attached hydrogens (tertiary/aromatic N) is 4. The molecule has 1 fully saturated rings. The molecule has 0 bridgehead atoms. The van der Waals surface area contributed by atoms with Gasteiger partial charge in [0.25, 0.3) is 0 Å². The van der Waals surface area contributed by atoms with Crippen molar-refractivity contribution in [1.82, 2.24) is 19.5 Å². The van der Waals surface area contributed by atoms with Crippen LogP contribution >= 0.6 is 0 Å². The summed E-state index contributed by atoms with van der Waals surface area (Å²) in [6.45, 7) is -0.524. The Morgan fingerprint density at radius 3 is 2.86 bits per heavy atom. The van der Waals surface area contributed by atoms with Crippen LogP contribution in [-0.2, 0) is 9.47 Å². The Bertz CT molecular complexity index is 650. The number of ether oxygens (including phenoxy) is 2. The van der Waals surface area contributed by atoms with Gasteiger partial charge in [-0.15, -0.1) is 0 Å². The van der Waals surface area contributed by atoms with E-state index in [0.29, 0.717) is 11.2 Å². The highest BCUT2D eigenvalue weighted by atomic mass is 16.6. The molecule has 0 amide bonds. The molecule has 1 aliphatic heterocycles. The van der Waals surface area contributed by atoms with Gasteiger partial charge in [0.2, 0.25) is 0 Å². The third-order valence-electron chi connectivity index (χ3n) is 3.56. The number of hydrogen-bond donors (Lipinski definition) is 4. The predicted octanol–water partition coefficient (Wildman–Crippen LogP) is -1.96. The van der Waals surface area contributed by atoms with Crippen LogP contribution in [0.15, 0.2) is 12.7 Å². The summed E-state index contributed by atoms with van der Waals surface area (Å²) in [7, 11) is 0. The zero-order valence-electron chi connectivity index (χ0n) is 11.6. The summed E-state index contributed by atoms with van der Waals surface area (Å²) in [6.07, 6.45) is -0.615. The number of aliphatic hydroxyl groups is 3. The molecular formula is C12H17N5O5. The first-order valence-corrected chi connectivity index (χ1v) is 6.77. The van der Waals surface area contributed by atoms with Gasteiger partial charge in [-0.1, -0.05) is 0 Å². The van der Waals surface area contributed by atoms with Gasteiger partial charge in [-0.2, -0.15) is 0 Å². The molecule has 22 heavy (non-hydrogen) atoms. The van der Waals surface area contributed by atoms with Crippen LogP contribution in [0.3, 0.4) is 0 Å². The van der Waals surface area contributed by atoms with Crippen LogP contribution in [-0.4, -0.2) is 73.0 Å². The van der Waals surface area contributed by atoms with Gasteiger partial charge in [-0.25, -0.2) is 15.0 Å². The standard InChI is InChI=1S/C12H17N5O5/c13-10-7-11(15-4-14-10)17(5-16-7)12-9(21-2-1-18)8(20)6(3-19)22-12/h4-6,8-9,12,18-20H,1-3H2,(H2,13,14,15)/t6-,8?,9?,12-/m1/s1. The minimum absolute atomic E-state index is 0.0312. The van der Waals surface area contributed by atoms with Crippen LogP contribution < -0.4 is 5.73 Å². The number of aromatic nitrogens is 4. The third kappa shape index (κ3) is 2.40. The van der Waals surface area contributed by atoms with E-state index < -0.39 is 24.5 Å². The molecule has 0 spiro atoms. The number of aliphatic hydroxyl groups excluding tert-OH is 3. The largest absolute Gasteiger partial charge is 0.394 e. The van der Waals surface area contributed by atoms with E-state index in [-0.39, 0.29) is 25.6 Å². The van der Waals surface area contributed by atoms with Crippen molar-refractivity contribution in [1.29, 1.82) is 0 Å². The summed E-state index contributed by atoms with van der Waals surface area (Å²) in [6, 6.07) is 0. The van der Waals surface area contributed by atoms with Crippen molar-refractivity contribution in [3.63, 3.8) is 0 Å². The van der Waals surface area contributed by atoms with E-state index in [9.17, 15) is 10.2 Å². The quantitative estimate of drug-likeness (QED) is 0.493. The number of anilines is 1. The predicted molar refractivity (Wildman–Crippen MR) is 73.6 cm³/mol. The SMILES string of the molecule is Nc1ncnc2c1ncn2[C@@H]1O[C@H](CO)C(O)C1OCCO. The zero-order valence-corrected chi connectivity index (χ0v) is 11.6. The molecule has 1 saturated heterocycles. The smallest absolute Gasteiger partial charge is 0.167 e. The molecule has 120 valence electrons. The second kappa shape index (κ2) is 6.10. The fourth-order valence-electron chi connectivity index (χ4n) is 2.52. The van der Waals surface area contributed by atoms with Crippen molar-refractivity contribution in [2.45, 2.75) is 24.5 Å². The van der Waals surface area contributed by atoms with E-state index in [2.05, 4.69) is 15.0 Å². The Balaban J connectivity index is 1.97. The topological polar surface area (TPSA) is 149 Å². The average molecular weight is 311 g/mol. The number of fused-ring (bicyclic) bond motifs is 1. The molecule has 5 N–H and O–H groups in total. The summed E-state index contributed by atoms with van der Waals surface area (Å²) in [4.78, 5) is 12.1. The molecule has 10 heteroatoms. The highest BCUT2D eigenvalue weighted by Gasteiger charge is 2.45. The van der Waals surface area contributed by atoms with Crippen molar-refractivity contribution in [3.05, 3.63) is 12.7 Å². The van der Waals surface area contributed by atoms with E-state index in [1.807, 2.05) is 0 Å². The highest BCUT2D eigenvalue weighted by molar-refractivity contribution is 5.81. The van der Waals surface area contributed by atoms with Gasteiger partial charge in [-0.05, 0) is 0 Å². The molecule has 10 nitrogen and oxygen atoms in total. The van der Waals surface area contributed by atoms with Crippen LogP contribution in [0, 0.1) is 0 Å². The minimum atomic E-state index is -1.04. The van der Waals surface area contributed by atoms with E-state index in [4.69, 9.17) is 20.3 Å². The lowest BCUT2D eigenvalue weighted by Gasteiger charge is -2.21. The lowest BCUT2D eigenvalue weighted by atomic mass is 10.1. The van der Waals surface area contributed by atoms with E-state index in [1.165, 1.54) is 12.7 Å². The maximum Gasteiger partial charge on any atom is 0.167 e. The van der Waals surface area contributed by atoms with Crippen molar-refractivity contribution in [3.8, 4) is 0 Å². The van der Waals surface area contributed by atoms with Gasteiger partial charge < -0.3 is 30.5 Å². The Morgan fingerprint density at radius 2 is 2.14 bits per heavy atom. The molecule has 0 saturated carbocycles. The number of rotatable bonds is 5. The number of nitrogen functional groups attached to an aromatic ring is 1. The van der Waals surface area contributed by atoms with E-state index in [1.54, 1.807) is 4.57 Å². The molecule has 0 aliphatic carbocycles. The van der Waals surface area contributed by atoms with Crippen LogP contribution in [0.4, 0.5) is 5.82 Å². The lowest BCUT2D eigenvalue weighted by Crippen LogP contribution is -2.36. The molecular weight excluding hydrogens is 294 g/mol. The normalized spacial score (nSPS) is 28.5. The van der Waals surface area contributed by atoms with Crippen LogP contribution in [0.25, 0.3) is 11.2 Å². The van der Waals surface area contributed by atoms with E-state index in [0.717, 1.165) is 0 Å². The Hall–Kier alpha value is -1.85. The van der Waals surface area contributed by atoms with Crippen molar-refractivity contribution >= 4 is 17.0 Å². The Morgan fingerprint density at radius 1 is 1.32 bits per heavy atom. The number of imidazole rings is 1. The molecule has 3 rings (SSSR count). The molecule has 0 radical (unpaired) electrons. The Kier molecular flexibility index (Phi) is 4.18. The van der Waals surface area contributed by atoms with Crippen molar-refractivity contribution in [2.75, 3.05) is 25.6 Å². The molecule has 3 heterocycles. The van der Waals surface area contributed by atoms with Crippen LogP contribution in [0.2, 0.25) is 0 Å². The molecule has 0 aromatic carbocycles. The van der Waals surface area contributed by atoms with Crippen molar-refractivity contribution in [2.24, 2.45) is 0 Å². The molecule has 1 aliphatic rings. The highest BCUT2D eigenvalue weighted by Crippen LogP contribution is 2.33. The first-order chi connectivity index (χ1) is 10.7. The molecule has 2 unspecified atom stereocenters. The fourth-order valence-corrected chi connectivity index (χ4v) is 2.52. The molecule has 2 aromatic heterocycles. The second-order valence-electron chi connectivity index (χ2n) is 4.88. The fraction of sp³-hybridized carbons (Fsp3) is 0.583. The lowest BCUT2D eigenvalue weighted by molar-refractivity contribution is -0.0761. The zero-order chi connectivity index (χ0) is 15.7. The second-order valence-corrected chi connectivity index (χ2v) is 4.88. The van der Waals surface area contributed by atoms with Crippen molar-refractivity contribution < 1.29 is 24.8 Å². The van der Waals surface area contributed by atoms with Crippen LogP contribution in [0.5, 0.6) is 0 Å². The molecule has 4 atom stereocenters. The van der Waals surface area contributed by atoms with Gasteiger partial charge in [0.15, 0.2) is 17.7 Å².